The number of hydrogen-bond acceptors (Lipinski definition) is 4. The third-order valence-corrected chi connectivity index (χ3v) is 5.10. The SMILES string of the molecule is CC(C)n1ccc(CNCC2CCS(=O)(=O)C2)n1. The maximum atomic E-state index is 11.3. The van der Waals surface area contributed by atoms with Gasteiger partial charge in [-0.2, -0.15) is 5.10 Å². The highest BCUT2D eigenvalue weighted by Crippen LogP contribution is 2.17. The Morgan fingerprint density at radius 2 is 2.33 bits per heavy atom. The van der Waals surface area contributed by atoms with Crippen molar-refractivity contribution in [3.63, 3.8) is 0 Å². The fourth-order valence-corrected chi connectivity index (χ4v) is 4.06. The summed E-state index contributed by atoms with van der Waals surface area (Å²) < 4.78 is 24.5. The van der Waals surface area contributed by atoms with Crippen LogP contribution in [0.15, 0.2) is 12.3 Å². The van der Waals surface area contributed by atoms with Gasteiger partial charge in [0.1, 0.15) is 0 Å². The molecular formula is C12H21N3O2S. The molecule has 1 N–H and O–H groups in total. The Hall–Kier alpha value is -0.880. The summed E-state index contributed by atoms with van der Waals surface area (Å²) in [5.74, 6) is 0.948. The van der Waals surface area contributed by atoms with Crippen LogP contribution in [0.25, 0.3) is 0 Å². The molecule has 1 fully saturated rings. The summed E-state index contributed by atoms with van der Waals surface area (Å²) in [5, 5.41) is 7.73. The van der Waals surface area contributed by atoms with Crippen molar-refractivity contribution >= 4 is 9.84 Å². The van der Waals surface area contributed by atoms with Crippen molar-refractivity contribution in [2.75, 3.05) is 18.1 Å². The minimum Gasteiger partial charge on any atom is -0.311 e. The molecule has 1 atom stereocenters. The Labute approximate surface area is 108 Å². The maximum Gasteiger partial charge on any atom is 0.150 e. The van der Waals surface area contributed by atoms with Crippen molar-refractivity contribution in [2.45, 2.75) is 32.9 Å². The number of nitrogens with zero attached hydrogens (tertiary/aromatic N) is 2. The molecule has 1 aromatic heterocycles. The summed E-state index contributed by atoms with van der Waals surface area (Å²) in [4.78, 5) is 0. The van der Waals surface area contributed by atoms with Gasteiger partial charge in [0, 0.05) is 18.8 Å². The molecule has 0 bridgehead atoms. The summed E-state index contributed by atoms with van der Waals surface area (Å²) in [6, 6.07) is 2.37. The normalized spacial score (nSPS) is 22.7. The van der Waals surface area contributed by atoms with Crippen molar-refractivity contribution in [1.29, 1.82) is 0 Å². The van der Waals surface area contributed by atoms with E-state index in [1.807, 2.05) is 16.9 Å². The van der Waals surface area contributed by atoms with E-state index in [1.54, 1.807) is 0 Å². The summed E-state index contributed by atoms with van der Waals surface area (Å²) >= 11 is 0. The summed E-state index contributed by atoms with van der Waals surface area (Å²) in [6.07, 6.45) is 2.76. The van der Waals surface area contributed by atoms with Gasteiger partial charge in [0.2, 0.25) is 0 Å². The van der Waals surface area contributed by atoms with Gasteiger partial charge in [-0.15, -0.1) is 0 Å². The molecule has 18 heavy (non-hydrogen) atoms. The van der Waals surface area contributed by atoms with Gasteiger partial charge in [-0.1, -0.05) is 0 Å². The van der Waals surface area contributed by atoms with E-state index in [0.717, 1.165) is 18.7 Å². The summed E-state index contributed by atoms with van der Waals surface area (Å²) in [7, 11) is -2.76. The van der Waals surface area contributed by atoms with Crippen LogP contribution in [0.4, 0.5) is 0 Å². The molecule has 1 unspecified atom stereocenters. The third-order valence-electron chi connectivity index (χ3n) is 3.26. The maximum absolute atomic E-state index is 11.3. The lowest BCUT2D eigenvalue weighted by atomic mass is 10.1. The Morgan fingerprint density at radius 1 is 1.56 bits per heavy atom. The standard InChI is InChI=1S/C12H21N3O2S/c1-10(2)15-5-3-12(14-15)8-13-7-11-4-6-18(16,17)9-11/h3,5,10-11,13H,4,6-9H2,1-2H3. The van der Waals surface area contributed by atoms with E-state index in [4.69, 9.17) is 0 Å². The van der Waals surface area contributed by atoms with Crippen LogP contribution in [0.5, 0.6) is 0 Å². The van der Waals surface area contributed by atoms with Crippen LogP contribution in [0, 0.1) is 5.92 Å². The van der Waals surface area contributed by atoms with Crippen LogP contribution in [0.3, 0.4) is 0 Å². The monoisotopic (exact) mass is 271 g/mol. The smallest absolute Gasteiger partial charge is 0.150 e. The molecule has 1 aliphatic heterocycles. The van der Waals surface area contributed by atoms with Crippen LogP contribution in [0.2, 0.25) is 0 Å². The molecule has 2 rings (SSSR count). The molecule has 6 heteroatoms. The van der Waals surface area contributed by atoms with Crippen molar-refractivity contribution in [1.82, 2.24) is 15.1 Å². The Kier molecular flexibility index (Phi) is 4.07. The quantitative estimate of drug-likeness (QED) is 0.867. The molecule has 1 saturated heterocycles. The molecule has 5 nitrogen and oxygen atoms in total. The third kappa shape index (κ3) is 3.55. The Bertz CT molecular complexity index is 493. The molecule has 0 radical (unpaired) electrons. The zero-order chi connectivity index (χ0) is 13.2. The van der Waals surface area contributed by atoms with E-state index >= 15 is 0 Å². The number of hydrogen-bond donors (Lipinski definition) is 1. The lowest BCUT2D eigenvalue weighted by Gasteiger charge is -2.08. The van der Waals surface area contributed by atoms with E-state index in [1.165, 1.54) is 0 Å². The second kappa shape index (κ2) is 5.40. The lowest BCUT2D eigenvalue weighted by Crippen LogP contribution is -2.23. The topological polar surface area (TPSA) is 64.0 Å². The molecule has 1 aliphatic rings. The van der Waals surface area contributed by atoms with Crippen LogP contribution in [0.1, 0.15) is 32.0 Å². The number of nitrogens with one attached hydrogen (secondary N) is 1. The van der Waals surface area contributed by atoms with Crippen LogP contribution >= 0.6 is 0 Å². The first kappa shape index (κ1) is 13.5. The Balaban J connectivity index is 1.75. The highest BCUT2D eigenvalue weighted by atomic mass is 32.2. The first-order chi connectivity index (χ1) is 8.46. The summed E-state index contributed by atoms with van der Waals surface area (Å²) in [6.45, 7) is 5.64. The molecule has 1 aromatic rings. The van der Waals surface area contributed by atoms with Crippen LogP contribution in [-0.2, 0) is 16.4 Å². The van der Waals surface area contributed by atoms with Crippen molar-refractivity contribution in [2.24, 2.45) is 5.92 Å². The van der Waals surface area contributed by atoms with Gasteiger partial charge in [-0.25, -0.2) is 8.42 Å². The average Bonchev–Trinajstić information content (AvgIpc) is 2.86. The average molecular weight is 271 g/mol. The lowest BCUT2D eigenvalue weighted by molar-refractivity contribution is 0.500. The minimum atomic E-state index is -2.76. The Morgan fingerprint density at radius 3 is 2.89 bits per heavy atom. The molecule has 2 heterocycles. The number of aromatic nitrogens is 2. The predicted octanol–water partition coefficient (Wildman–Crippen LogP) is 0.988. The summed E-state index contributed by atoms with van der Waals surface area (Å²) in [5.41, 5.74) is 1.00. The molecular weight excluding hydrogens is 250 g/mol. The van der Waals surface area contributed by atoms with Gasteiger partial charge in [-0.3, -0.25) is 4.68 Å². The van der Waals surface area contributed by atoms with Gasteiger partial charge in [-0.05, 0) is 38.8 Å². The minimum absolute atomic E-state index is 0.266. The van der Waals surface area contributed by atoms with E-state index in [2.05, 4.69) is 24.3 Å². The second-order valence-electron chi connectivity index (χ2n) is 5.28. The number of rotatable bonds is 5. The van der Waals surface area contributed by atoms with Gasteiger partial charge in [0.25, 0.3) is 0 Å². The molecule has 0 amide bonds. The largest absolute Gasteiger partial charge is 0.311 e. The first-order valence-corrected chi connectivity index (χ1v) is 8.23. The second-order valence-corrected chi connectivity index (χ2v) is 7.51. The predicted molar refractivity (Wildman–Crippen MR) is 71.1 cm³/mol. The first-order valence-electron chi connectivity index (χ1n) is 6.41. The molecule has 0 aliphatic carbocycles. The fourth-order valence-electron chi connectivity index (χ4n) is 2.20. The molecule has 0 spiro atoms. The van der Waals surface area contributed by atoms with E-state index in [-0.39, 0.29) is 5.92 Å². The zero-order valence-electron chi connectivity index (χ0n) is 11.0. The van der Waals surface area contributed by atoms with E-state index in [9.17, 15) is 8.42 Å². The van der Waals surface area contributed by atoms with Crippen LogP contribution in [-0.4, -0.2) is 36.2 Å². The van der Waals surface area contributed by atoms with E-state index < -0.39 is 9.84 Å². The molecule has 0 saturated carbocycles. The van der Waals surface area contributed by atoms with E-state index in [0.29, 0.717) is 24.1 Å². The van der Waals surface area contributed by atoms with Crippen molar-refractivity contribution in [3.05, 3.63) is 18.0 Å². The van der Waals surface area contributed by atoms with Gasteiger partial charge < -0.3 is 5.32 Å². The molecule has 102 valence electrons. The highest BCUT2D eigenvalue weighted by molar-refractivity contribution is 7.91. The molecule has 0 aromatic carbocycles. The fraction of sp³-hybridized carbons (Fsp3) is 0.750. The van der Waals surface area contributed by atoms with Crippen LogP contribution < -0.4 is 5.32 Å². The van der Waals surface area contributed by atoms with Crippen molar-refractivity contribution < 1.29 is 8.42 Å². The highest BCUT2D eigenvalue weighted by Gasteiger charge is 2.27. The van der Waals surface area contributed by atoms with Crippen molar-refractivity contribution in [3.8, 4) is 0 Å². The van der Waals surface area contributed by atoms with Gasteiger partial charge in [0.15, 0.2) is 9.84 Å². The zero-order valence-corrected chi connectivity index (χ0v) is 11.8. The van der Waals surface area contributed by atoms with Gasteiger partial charge >= 0.3 is 0 Å². The van der Waals surface area contributed by atoms with Gasteiger partial charge in [0.05, 0.1) is 17.2 Å². The number of sulfone groups is 1.